The molecule has 1 N–H and O–H groups in total. The first-order chi connectivity index (χ1) is 16.8. The van der Waals surface area contributed by atoms with Gasteiger partial charge in [0, 0.05) is 23.0 Å². The van der Waals surface area contributed by atoms with Crippen LogP contribution in [0.3, 0.4) is 0 Å². The highest BCUT2D eigenvalue weighted by Gasteiger charge is 2.45. The topological polar surface area (TPSA) is 87.5 Å². The Kier molecular flexibility index (Phi) is 7.72. The van der Waals surface area contributed by atoms with E-state index in [-0.39, 0.29) is 5.91 Å². The van der Waals surface area contributed by atoms with E-state index in [2.05, 4.69) is 59.9 Å². The Morgan fingerprint density at radius 2 is 1.81 bits per heavy atom. The zero-order valence-corrected chi connectivity index (χ0v) is 25.2. The number of rotatable bonds is 7. The van der Waals surface area contributed by atoms with Gasteiger partial charge in [-0.05, 0) is 38.5 Å². The minimum atomic E-state index is -2.03. The molecule has 0 saturated heterocycles. The normalized spacial score (nSPS) is 15.5. The quantitative estimate of drug-likeness (QED) is 0.449. The van der Waals surface area contributed by atoms with Gasteiger partial charge in [-0.2, -0.15) is 5.26 Å². The van der Waals surface area contributed by atoms with E-state index in [1.54, 1.807) is 25.4 Å². The van der Waals surface area contributed by atoms with Gasteiger partial charge in [0.05, 0.1) is 42.5 Å². The summed E-state index contributed by atoms with van der Waals surface area (Å²) in [5.41, 5.74) is 5.46. The highest BCUT2D eigenvalue weighted by Crippen LogP contribution is 2.50. The largest absolute Gasteiger partial charge is 0.496 e. The highest BCUT2D eigenvalue weighted by atomic mass is 28.4. The van der Waals surface area contributed by atoms with Crippen LogP contribution in [0.4, 0.5) is 5.69 Å². The van der Waals surface area contributed by atoms with Crippen molar-refractivity contribution in [1.29, 1.82) is 5.26 Å². The minimum absolute atomic E-state index is 0.0457. The van der Waals surface area contributed by atoms with E-state index in [1.807, 2.05) is 26.8 Å². The smallest absolute Gasteiger partial charge is 0.236 e. The van der Waals surface area contributed by atoms with Gasteiger partial charge in [-0.1, -0.05) is 45.3 Å². The van der Waals surface area contributed by atoms with E-state index >= 15 is 0 Å². The number of nitrogens with zero attached hydrogens (tertiary/aromatic N) is 3. The zero-order chi connectivity index (χ0) is 27.0. The number of hydrogen-bond donors (Lipinski definition) is 1. The van der Waals surface area contributed by atoms with Crippen molar-refractivity contribution in [2.75, 3.05) is 19.0 Å². The van der Waals surface area contributed by atoms with Gasteiger partial charge in [0.25, 0.3) is 0 Å². The molecule has 3 rings (SSSR count). The summed E-state index contributed by atoms with van der Waals surface area (Å²) in [7, 11) is -2.48. The number of pyridine rings is 1. The molecule has 1 aromatic carbocycles. The Hall–Kier alpha value is -3.10. The molecule has 0 fully saturated rings. The third-order valence-corrected chi connectivity index (χ3v) is 13.4. The number of benzene rings is 1. The third kappa shape index (κ3) is 5.06. The molecule has 36 heavy (non-hydrogen) atoms. The molecule has 2 aromatic rings. The van der Waals surface area contributed by atoms with Crippen LogP contribution in [0.15, 0.2) is 35.7 Å². The maximum absolute atomic E-state index is 14.6. The Bertz CT molecular complexity index is 1240. The maximum Gasteiger partial charge on any atom is 0.236 e. The van der Waals surface area contributed by atoms with Crippen molar-refractivity contribution in [3.63, 3.8) is 0 Å². The van der Waals surface area contributed by atoms with E-state index < -0.39 is 22.4 Å². The third-order valence-electron chi connectivity index (χ3n) is 6.29. The molecule has 1 aromatic heterocycles. The second-order valence-corrected chi connectivity index (χ2v) is 21.1. The van der Waals surface area contributed by atoms with E-state index in [9.17, 15) is 10.1 Å². The number of nitriles is 1. The van der Waals surface area contributed by atoms with Gasteiger partial charge in [0.2, 0.25) is 11.8 Å². The van der Waals surface area contributed by atoms with Crippen molar-refractivity contribution in [1.82, 2.24) is 9.22 Å². The van der Waals surface area contributed by atoms with E-state index in [4.69, 9.17) is 9.47 Å². The number of hydrogen-bond acceptors (Lipinski definition) is 6. The Morgan fingerprint density at radius 3 is 2.33 bits per heavy atom. The fourth-order valence-corrected chi connectivity index (χ4v) is 14.8. The molecule has 1 amide bonds. The monoisotopic (exact) mass is 522 g/mol. The SMILES string of the molecule is CCOc1ncc(C)c2c1C(c1ccc(C#N)cc1OC)C(C(=O)N([Si](C)(C)C)[Si](C)(C)C)=C(C)N2. The van der Waals surface area contributed by atoms with Crippen LogP contribution < -0.4 is 14.8 Å². The number of carbonyl (C=O) groups excluding carboxylic acids is 1. The molecule has 1 atom stereocenters. The first kappa shape index (κ1) is 27.5. The van der Waals surface area contributed by atoms with Crippen molar-refractivity contribution in [3.8, 4) is 17.7 Å². The number of anilines is 1. The molecule has 1 aliphatic heterocycles. The average molecular weight is 523 g/mol. The number of nitrogens with one attached hydrogen (secondary N) is 1. The van der Waals surface area contributed by atoms with E-state index in [0.717, 1.165) is 28.1 Å². The molecule has 0 radical (unpaired) electrons. The van der Waals surface area contributed by atoms with Crippen molar-refractivity contribution < 1.29 is 14.3 Å². The summed E-state index contributed by atoms with van der Waals surface area (Å²) in [5.74, 6) is 0.624. The van der Waals surface area contributed by atoms with Gasteiger partial charge in [-0.25, -0.2) is 4.98 Å². The molecule has 0 saturated carbocycles. The molecule has 2 heterocycles. The molecule has 0 aliphatic carbocycles. The van der Waals surface area contributed by atoms with Gasteiger partial charge in [0.15, 0.2) is 0 Å². The summed E-state index contributed by atoms with van der Waals surface area (Å²) < 4.78 is 14.0. The minimum Gasteiger partial charge on any atom is -0.496 e. The van der Waals surface area contributed by atoms with Crippen LogP contribution in [0, 0.1) is 18.3 Å². The maximum atomic E-state index is 14.6. The van der Waals surface area contributed by atoms with Crippen molar-refractivity contribution in [3.05, 3.63) is 57.9 Å². The first-order valence-corrected chi connectivity index (χ1v) is 19.2. The standard InChI is InChI=1S/C27H38N4O3Si2/c1-11-34-26-24-23(20-13-12-19(15-28)14-21(20)33-4)22(18(3)30-25(24)17(2)16-29-26)27(32)31(35(5,6)7)36(8,9)10/h12-14,16,23,30H,11H2,1-10H3. The fraction of sp³-hybridized carbons (Fsp3) is 0.444. The number of fused-ring (bicyclic) bond motifs is 1. The van der Waals surface area contributed by atoms with Crippen LogP contribution in [-0.4, -0.2) is 45.3 Å². The van der Waals surface area contributed by atoms with E-state index in [1.165, 1.54) is 0 Å². The summed E-state index contributed by atoms with van der Waals surface area (Å²) in [4.78, 5) is 19.2. The van der Waals surface area contributed by atoms with Crippen LogP contribution in [-0.2, 0) is 4.79 Å². The summed E-state index contributed by atoms with van der Waals surface area (Å²) in [6, 6.07) is 7.58. The van der Waals surface area contributed by atoms with Gasteiger partial charge in [-0.3, -0.25) is 4.79 Å². The second-order valence-electron chi connectivity index (χ2n) is 11.1. The molecule has 9 heteroatoms. The first-order valence-electron chi connectivity index (χ1n) is 12.3. The number of carbonyl (C=O) groups is 1. The summed E-state index contributed by atoms with van der Waals surface area (Å²) >= 11 is 0. The van der Waals surface area contributed by atoms with Crippen molar-refractivity contribution >= 4 is 28.1 Å². The predicted molar refractivity (Wildman–Crippen MR) is 150 cm³/mol. The van der Waals surface area contributed by atoms with Gasteiger partial charge in [-0.15, -0.1) is 0 Å². The Balaban J connectivity index is 2.42. The molecular weight excluding hydrogens is 484 g/mol. The van der Waals surface area contributed by atoms with Crippen LogP contribution >= 0.6 is 0 Å². The highest BCUT2D eigenvalue weighted by molar-refractivity contribution is 6.92. The average Bonchev–Trinajstić information content (AvgIpc) is 2.78. The number of aromatic nitrogens is 1. The Labute approximate surface area is 217 Å². The molecule has 0 bridgehead atoms. The van der Waals surface area contributed by atoms with Gasteiger partial charge in [0.1, 0.15) is 22.2 Å². The fourth-order valence-electron chi connectivity index (χ4n) is 5.26. The lowest BCUT2D eigenvalue weighted by Gasteiger charge is -2.46. The number of allylic oxidation sites excluding steroid dienone is 1. The molecule has 1 unspecified atom stereocenters. The Morgan fingerprint density at radius 1 is 1.17 bits per heavy atom. The summed E-state index contributed by atoms with van der Waals surface area (Å²) in [5, 5.41) is 13.0. The van der Waals surface area contributed by atoms with Crippen molar-refractivity contribution in [2.24, 2.45) is 0 Å². The van der Waals surface area contributed by atoms with E-state index in [0.29, 0.717) is 29.4 Å². The van der Waals surface area contributed by atoms with Crippen LogP contribution in [0.25, 0.3) is 0 Å². The lowest BCUT2D eigenvalue weighted by molar-refractivity contribution is -0.120. The molecular formula is C27H38N4O3Si2. The van der Waals surface area contributed by atoms with Crippen LogP contribution in [0.5, 0.6) is 11.6 Å². The summed E-state index contributed by atoms with van der Waals surface area (Å²) in [6.07, 6.45) is 1.79. The zero-order valence-electron chi connectivity index (χ0n) is 23.2. The van der Waals surface area contributed by atoms with Gasteiger partial charge >= 0.3 is 0 Å². The predicted octanol–water partition coefficient (Wildman–Crippen LogP) is 6.00. The number of amides is 1. The molecule has 7 nitrogen and oxygen atoms in total. The molecule has 192 valence electrons. The van der Waals surface area contributed by atoms with Crippen LogP contribution in [0.2, 0.25) is 39.3 Å². The van der Waals surface area contributed by atoms with Crippen LogP contribution in [0.1, 0.15) is 42.0 Å². The lowest BCUT2D eigenvalue weighted by Crippen LogP contribution is -2.62. The number of methoxy groups -OCH3 is 1. The second kappa shape index (κ2) is 10.1. The molecule has 1 aliphatic rings. The number of aryl methyl sites for hydroxylation is 1. The molecule has 0 spiro atoms. The van der Waals surface area contributed by atoms with Gasteiger partial charge < -0.3 is 19.0 Å². The lowest BCUT2D eigenvalue weighted by atomic mass is 9.79. The number of ether oxygens (including phenoxy) is 2. The summed E-state index contributed by atoms with van der Waals surface area (Å²) in [6.45, 7) is 19.7. The van der Waals surface area contributed by atoms with Crippen molar-refractivity contribution in [2.45, 2.75) is 66.0 Å².